The average molecular weight is 281 g/mol. The average Bonchev–Trinajstić information content (AvgIpc) is 2.93. The maximum Gasteiger partial charge on any atom is 0.313 e. The van der Waals surface area contributed by atoms with Gasteiger partial charge in [0.25, 0.3) is 0 Å². The van der Waals surface area contributed by atoms with Gasteiger partial charge in [-0.05, 0) is 36.2 Å². The van der Waals surface area contributed by atoms with E-state index in [0.717, 1.165) is 16.9 Å². The fraction of sp³-hybridized carbons (Fsp3) is 0.125. The summed E-state index contributed by atoms with van der Waals surface area (Å²) >= 11 is 0. The van der Waals surface area contributed by atoms with Crippen molar-refractivity contribution in [3.05, 3.63) is 59.7 Å². The summed E-state index contributed by atoms with van der Waals surface area (Å²) < 4.78 is 11.0. The highest BCUT2D eigenvalue weighted by molar-refractivity contribution is 5.56. The molecule has 1 heterocycles. The Morgan fingerprint density at radius 1 is 1.10 bits per heavy atom. The Labute approximate surface area is 122 Å². The van der Waals surface area contributed by atoms with Crippen molar-refractivity contribution in [1.82, 2.24) is 10.2 Å². The lowest BCUT2D eigenvalue weighted by molar-refractivity contribution is 0.305. The highest BCUT2D eigenvalue weighted by Gasteiger charge is 2.07. The number of hydrogen-bond donors (Lipinski definition) is 1. The van der Waals surface area contributed by atoms with E-state index in [1.807, 2.05) is 36.4 Å². The molecule has 0 amide bonds. The number of nitrogens with two attached hydrogens (primary N) is 1. The van der Waals surface area contributed by atoms with Crippen LogP contribution in [0.3, 0.4) is 0 Å². The summed E-state index contributed by atoms with van der Waals surface area (Å²) in [5, 5.41) is 7.51. The minimum absolute atomic E-state index is 0.0521. The Balaban J connectivity index is 1.76. The van der Waals surface area contributed by atoms with Crippen molar-refractivity contribution in [3.63, 3.8) is 0 Å². The number of ether oxygens (including phenoxy) is 1. The summed E-state index contributed by atoms with van der Waals surface area (Å²) in [4.78, 5) is 0. The first-order valence-corrected chi connectivity index (χ1v) is 6.59. The Kier molecular flexibility index (Phi) is 3.55. The molecule has 2 aromatic carbocycles. The van der Waals surface area contributed by atoms with E-state index in [1.54, 1.807) is 0 Å². The first-order chi connectivity index (χ1) is 10.2. The Bertz CT molecular complexity index is 753. The molecule has 0 bridgehead atoms. The van der Waals surface area contributed by atoms with Gasteiger partial charge < -0.3 is 14.9 Å². The number of anilines is 1. The van der Waals surface area contributed by atoms with E-state index in [0.29, 0.717) is 12.5 Å². The Morgan fingerprint density at radius 2 is 1.95 bits per heavy atom. The molecule has 0 atom stereocenters. The Morgan fingerprint density at radius 3 is 2.71 bits per heavy atom. The van der Waals surface area contributed by atoms with E-state index >= 15 is 0 Å². The van der Waals surface area contributed by atoms with Gasteiger partial charge in [0.05, 0.1) is 0 Å². The van der Waals surface area contributed by atoms with Crippen LogP contribution >= 0.6 is 0 Å². The van der Waals surface area contributed by atoms with Crippen LogP contribution in [-0.4, -0.2) is 10.2 Å². The van der Waals surface area contributed by atoms with E-state index in [2.05, 4.69) is 29.3 Å². The van der Waals surface area contributed by atoms with Gasteiger partial charge in [-0.1, -0.05) is 35.4 Å². The van der Waals surface area contributed by atoms with Crippen molar-refractivity contribution >= 4 is 6.01 Å². The fourth-order valence-corrected chi connectivity index (χ4v) is 2.00. The predicted molar refractivity (Wildman–Crippen MR) is 79.7 cm³/mol. The number of rotatable bonds is 4. The van der Waals surface area contributed by atoms with Crippen LogP contribution in [0.5, 0.6) is 5.75 Å². The van der Waals surface area contributed by atoms with Crippen LogP contribution in [0.15, 0.2) is 52.9 Å². The van der Waals surface area contributed by atoms with Crippen molar-refractivity contribution < 1.29 is 9.15 Å². The van der Waals surface area contributed by atoms with Crippen molar-refractivity contribution in [2.24, 2.45) is 0 Å². The van der Waals surface area contributed by atoms with E-state index in [1.165, 1.54) is 5.56 Å². The van der Waals surface area contributed by atoms with Crippen molar-refractivity contribution in [2.45, 2.75) is 13.5 Å². The second-order valence-corrected chi connectivity index (χ2v) is 4.69. The van der Waals surface area contributed by atoms with Crippen LogP contribution in [-0.2, 0) is 6.61 Å². The fourth-order valence-electron chi connectivity index (χ4n) is 2.00. The molecular weight excluding hydrogens is 266 g/mol. The van der Waals surface area contributed by atoms with Gasteiger partial charge in [0.15, 0.2) is 0 Å². The zero-order valence-electron chi connectivity index (χ0n) is 11.6. The lowest BCUT2D eigenvalue weighted by Crippen LogP contribution is -1.97. The Hall–Kier alpha value is -2.82. The molecule has 0 spiro atoms. The SMILES string of the molecule is Cc1ccccc1COc1cccc(-c2nnc(N)o2)c1. The third-order valence-corrected chi connectivity index (χ3v) is 3.18. The molecule has 0 unspecified atom stereocenters. The van der Waals surface area contributed by atoms with Crippen molar-refractivity contribution in [2.75, 3.05) is 5.73 Å². The topological polar surface area (TPSA) is 74.2 Å². The zero-order valence-corrected chi connectivity index (χ0v) is 11.6. The van der Waals surface area contributed by atoms with Crippen LogP contribution in [0.25, 0.3) is 11.5 Å². The number of benzene rings is 2. The van der Waals surface area contributed by atoms with Gasteiger partial charge in [-0.3, -0.25) is 0 Å². The highest BCUT2D eigenvalue weighted by Crippen LogP contribution is 2.24. The molecule has 5 nitrogen and oxygen atoms in total. The summed E-state index contributed by atoms with van der Waals surface area (Å²) in [6.07, 6.45) is 0. The number of hydrogen-bond acceptors (Lipinski definition) is 5. The minimum Gasteiger partial charge on any atom is -0.489 e. The smallest absolute Gasteiger partial charge is 0.313 e. The van der Waals surface area contributed by atoms with E-state index < -0.39 is 0 Å². The van der Waals surface area contributed by atoms with Gasteiger partial charge in [-0.2, -0.15) is 0 Å². The standard InChI is InChI=1S/C16H15N3O2/c1-11-5-2-3-6-13(11)10-20-14-8-4-7-12(9-14)15-18-19-16(17)21-15/h2-9H,10H2,1H3,(H2,17,19). The molecule has 0 aliphatic carbocycles. The summed E-state index contributed by atoms with van der Waals surface area (Å²) in [6, 6.07) is 15.7. The number of aryl methyl sites for hydroxylation is 1. The molecule has 3 rings (SSSR count). The maximum absolute atomic E-state index is 5.82. The lowest BCUT2D eigenvalue weighted by Gasteiger charge is -2.09. The number of nitrogens with zero attached hydrogens (tertiary/aromatic N) is 2. The van der Waals surface area contributed by atoms with Crippen LogP contribution < -0.4 is 10.5 Å². The van der Waals surface area contributed by atoms with E-state index in [9.17, 15) is 0 Å². The van der Waals surface area contributed by atoms with Gasteiger partial charge in [0, 0.05) is 5.56 Å². The number of nitrogen functional groups attached to an aromatic ring is 1. The van der Waals surface area contributed by atoms with Crippen molar-refractivity contribution in [3.8, 4) is 17.2 Å². The second-order valence-electron chi connectivity index (χ2n) is 4.69. The zero-order chi connectivity index (χ0) is 14.7. The monoisotopic (exact) mass is 281 g/mol. The second kappa shape index (κ2) is 5.66. The minimum atomic E-state index is 0.0521. The molecular formula is C16H15N3O2. The molecule has 0 aliphatic rings. The molecule has 1 aromatic heterocycles. The van der Waals surface area contributed by atoms with Crippen LogP contribution in [0.4, 0.5) is 6.01 Å². The van der Waals surface area contributed by atoms with Gasteiger partial charge in [-0.15, -0.1) is 5.10 Å². The summed E-state index contributed by atoms with van der Waals surface area (Å²) in [6.45, 7) is 2.58. The van der Waals surface area contributed by atoms with Gasteiger partial charge >= 0.3 is 6.01 Å². The van der Waals surface area contributed by atoms with Crippen LogP contribution in [0.2, 0.25) is 0 Å². The molecule has 5 heteroatoms. The van der Waals surface area contributed by atoms with Gasteiger partial charge in [-0.25, -0.2) is 0 Å². The van der Waals surface area contributed by atoms with Crippen LogP contribution in [0.1, 0.15) is 11.1 Å². The third kappa shape index (κ3) is 3.02. The normalized spacial score (nSPS) is 10.5. The van der Waals surface area contributed by atoms with Crippen molar-refractivity contribution in [1.29, 1.82) is 0 Å². The van der Waals surface area contributed by atoms with Crippen LogP contribution in [0, 0.1) is 6.92 Å². The molecule has 0 fully saturated rings. The van der Waals surface area contributed by atoms with Gasteiger partial charge in [0.1, 0.15) is 12.4 Å². The maximum atomic E-state index is 5.82. The largest absolute Gasteiger partial charge is 0.489 e. The van der Waals surface area contributed by atoms with E-state index in [-0.39, 0.29) is 6.01 Å². The molecule has 2 N–H and O–H groups in total. The third-order valence-electron chi connectivity index (χ3n) is 3.18. The summed E-state index contributed by atoms with van der Waals surface area (Å²) in [5.74, 6) is 1.13. The molecule has 106 valence electrons. The first-order valence-electron chi connectivity index (χ1n) is 6.59. The highest BCUT2D eigenvalue weighted by atomic mass is 16.5. The van der Waals surface area contributed by atoms with Gasteiger partial charge in [0.2, 0.25) is 5.89 Å². The summed E-state index contributed by atoms with van der Waals surface area (Å²) in [5.41, 5.74) is 8.58. The molecule has 0 saturated carbocycles. The summed E-state index contributed by atoms with van der Waals surface area (Å²) in [7, 11) is 0. The molecule has 0 aliphatic heterocycles. The first kappa shape index (κ1) is 13.2. The lowest BCUT2D eigenvalue weighted by atomic mass is 10.1. The molecule has 3 aromatic rings. The number of aromatic nitrogens is 2. The molecule has 0 saturated heterocycles. The quantitative estimate of drug-likeness (QED) is 0.794. The van der Waals surface area contributed by atoms with E-state index in [4.69, 9.17) is 14.9 Å². The molecule has 0 radical (unpaired) electrons. The predicted octanol–water partition coefficient (Wildman–Crippen LogP) is 3.21. The molecule has 21 heavy (non-hydrogen) atoms.